The van der Waals surface area contributed by atoms with Crippen LogP contribution >= 0.6 is 0 Å². The molecule has 2 aliphatic rings. The summed E-state index contributed by atoms with van der Waals surface area (Å²) in [7, 11) is 0. The molecule has 0 atom stereocenters. The molecule has 3 nitrogen and oxygen atoms in total. The average Bonchev–Trinajstić information content (AvgIpc) is 3.84. The first kappa shape index (κ1) is 36.4. The smallest absolute Gasteiger partial charge is 0.195 e. The minimum Gasteiger partial charge on any atom is -0.238 e. The molecule has 0 bridgehead atoms. The predicted octanol–water partition coefficient (Wildman–Crippen LogP) is 15.4. The monoisotopic (exact) mass is 799 g/mol. The van der Waals surface area contributed by atoms with Crippen LogP contribution < -0.4 is 0 Å². The van der Waals surface area contributed by atoms with Gasteiger partial charge in [-0.1, -0.05) is 218 Å². The molecule has 0 N–H and O–H groups in total. The molecule has 1 spiro atoms. The van der Waals surface area contributed by atoms with Crippen LogP contribution in [0.25, 0.3) is 94.4 Å². The predicted molar refractivity (Wildman–Crippen MR) is 257 cm³/mol. The van der Waals surface area contributed by atoms with Crippen LogP contribution in [0.4, 0.5) is 5.69 Å². The second kappa shape index (κ2) is 14.6. The fourth-order valence-electron chi connectivity index (χ4n) is 10.3. The Hall–Kier alpha value is -8.45. The van der Waals surface area contributed by atoms with Crippen LogP contribution in [-0.4, -0.2) is 9.97 Å². The summed E-state index contributed by atoms with van der Waals surface area (Å²) in [6.07, 6.45) is 0. The van der Waals surface area contributed by atoms with Gasteiger partial charge in [0.25, 0.3) is 0 Å². The van der Waals surface area contributed by atoms with Crippen LogP contribution in [0.1, 0.15) is 22.3 Å². The van der Waals surface area contributed by atoms with E-state index in [1.165, 1.54) is 38.9 Å². The molecule has 63 heavy (non-hydrogen) atoms. The minimum absolute atomic E-state index is 0.642. The summed E-state index contributed by atoms with van der Waals surface area (Å²) in [6, 6.07) is 79.5. The summed E-state index contributed by atoms with van der Waals surface area (Å²) in [5, 5.41) is 0. The van der Waals surface area contributed by atoms with Gasteiger partial charge in [-0.15, -0.1) is 0 Å². The van der Waals surface area contributed by atoms with E-state index in [2.05, 4.69) is 211 Å². The van der Waals surface area contributed by atoms with Crippen molar-refractivity contribution >= 4 is 5.69 Å². The largest absolute Gasteiger partial charge is 0.238 e. The highest BCUT2D eigenvalue weighted by Gasteiger charge is 2.53. The first-order valence-electron chi connectivity index (χ1n) is 21.4. The Morgan fingerprint density at radius 1 is 0.333 bits per heavy atom. The SMILES string of the molecule is [C-]#[N+]c1cccc2c1-c1cccc(-c3ccccc3-c3nc(-c4ccc(-c5ccccc5)cc4)cc(-c4ccc(-c5ccccc5)cc4)n3)c1C21c2ccccc2-c2ccccc21. The van der Waals surface area contributed by atoms with Crippen LogP contribution in [0.5, 0.6) is 0 Å². The zero-order valence-corrected chi connectivity index (χ0v) is 34.2. The van der Waals surface area contributed by atoms with Crippen LogP contribution in [0.2, 0.25) is 0 Å². The van der Waals surface area contributed by atoms with Gasteiger partial charge < -0.3 is 0 Å². The van der Waals surface area contributed by atoms with Crippen molar-refractivity contribution in [2.24, 2.45) is 0 Å². The molecule has 0 aliphatic heterocycles. The van der Waals surface area contributed by atoms with E-state index in [0.717, 1.165) is 67.0 Å². The summed E-state index contributed by atoms with van der Waals surface area (Å²) in [5.74, 6) is 0.647. The van der Waals surface area contributed by atoms with E-state index in [0.29, 0.717) is 11.5 Å². The first-order valence-corrected chi connectivity index (χ1v) is 21.4. The van der Waals surface area contributed by atoms with Crippen molar-refractivity contribution in [3.63, 3.8) is 0 Å². The highest BCUT2D eigenvalue weighted by Crippen LogP contribution is 2.66. The fraction of sp³-hybridized carbons (Fsp3) is 0.0167. The molecule has 0 saturated carbocycles. The van der Waals surface area contributed by atoms with Crippen molar-refractivity contribution < 1.29 is 0 Å². The molecule has 3 heteroatoms. The Labute approximate surface area is 367 Å². The number of hydrogen-bond donors (Lipinski definition) is 0. The Balaban J connectivity index is 1.08. The Bertz CT molecular complexity index is 3290. The molecule has 10 aromatic rings. The molecule has 9 aromatic carbocycles. The second-order valence-electron chi connectivity index (χ2n) is 16.3. The zero-order valence-electron chi connectivity index (χ0n) is 34.2. The minimum atomic E-state index is -0.642. The van der Waals surface area contributed by atoms with Gasteiger partial charge in [-0.25, -0.2) is 14.8 Å². The summed E-state index contributed by atoms with van der Waals surface area (Å²) in [6.45, 7) is 8.37. The Morgan fingerprint density at radius 2 is 0.746 bits per heavy atom. The van der Waals surface area contributed by atoms with E-state index in [1.807, 2.05) is 18.2 Å². The Morgan fingerprint density at radius 3 is 1.30 bits per heavy atom. The average molecular weight is 800 g/mol. The molecular formula is C60H37N3. The second-order valence-corrected chi connectivity index (χ2v) is 16.3. The van der Waals surface area contributed by atoms with Crippen molar-refractivity contribution in [2.75, 3.05) is 0 Å². The lowest BCUT2D eigenvalue weighted by molar-refractivity contribution is 0.796. The lowest BCUT2D eigenvalue weighted by atomic mass is 9.68. The van der Waals surface area contributed by atoms with Gasteiger partial charge in [-0.3, -0.25) is 0 Å². The van der Waals surface area contributed by atoms with Crippen LogP contribution in [0.3, 0.4) is 0 Å². The van der Waals surface area contributed by atoms with Crippen molar-refractivity contribution in [1.29, 1.82) is 0 Å². The van der Waals surface area contributed by atoms with Crippen LogP contribution in [0.15, 0.2) is 224 Å². The number of nitrogens with zero attached hydrogens (tertiary/aromatic N) is 3. The molecular weight excluding hydrogens is 763 g/mol. The van der Waals surface area contributed by atoms with Gasteiger partial charge in [-0.2, -0.15) is 0 Å². The molecule has 0 radical (unpaired) electrons. The van der Waals surface area contributed by atoms with E-state index in [4.69, 9.17) is 16.5 Å². The van der Waals surface area contributed by atoms with E-state index in [-0.39, 0.29) is 0 Å². The summed E-state index contributed by atoms with van der Waals surface area (Å²) < 4.78 is 0. The maximum atomic E-state index is 8.37. The van der Waals surface area contributed by atoms with Crippen molar-refractivity contribution in [3.05, 3.63) is 258 Å². The van der Waals surface area contributed by atoms with Gasteiger partial charge in [0.05, 0.1) is 23.4 Å². The highest BCUT2D eigenvalue weighted by atomic mass is 14.9. The van der Waals surface area contributed by atoms with Gasteiger partial charge in [0.1, 0.15) is 0 Å². The Kier molecular flexibility index (Phi) is 8.45. The van der Waals surface area contributed by atoms with Crippen molar-refractivity contribution in [3.8, 4) is 89.5 Å². The molecule has 0 unspecified atom stereocenters. The number of rotatable bonds is 6. The molecule has 1 aromatic heterocycles. The van der Waals surface area contributed by atoms with Gasteiger partial charge in [0.15, 0.2) is 11.5 Å². The number of aromatic nitrogens is 2. The van der Waals surface area contributed by atoms with Gasteiger partial charge >= 0.3 is 0 Å². The summed E-state index contributed by atoms with van der Waals surface area (Å²) in [4.78, 5) is 15.0. The number of benzene rings is 9. The van der Waals surface area contributed by atoms with Crippen LogP contribution in [0, 0.1) is 6.57 Å². The maximum Gasteiger partial charge on any atom is 0.195 e. The highest BCUT2D eigenvalue weighted by molar-refractivity contribution is 6.03. The lowest BCUT2D eigenvalue weighted by Crippen LogP contribution is -2.26. The molecule has 0 amide bonds. The molecule has 0 fully saturated rings. The van der Waals surface area contributed by atoms with E-state index in [1.54, 1.807) is 0 Å². The van der Waals surface area contributed by atoms with E-state index in [9.17, 15) is 0 Å². The topological polar surface area (TPSA) is 30.1 Å². The summed E-state index contributed by atoms with van der Waals surface area (Å²) in [5.41, 5.74) is 20.8. The molecule has 1 heterocycles. The van der Waals surface area contributed by atoms with Gasteiger partial charge in [0, 0.05) is 16.7 Å². The third-order valence-corrected chi connectivity index (χ3v) is 13.0. The maximum absolute atomic E-state index is 8.37. The first-order chi connectivity index (χ1) is 31.2. The normalized spacial score (nSPS) is 12.6. The molecule has 12 rings (SSSR count). The third kappa shape index (κ3) is 5.66. The van der Waals surface area contributed by atoms with E-state index < -0.39 is 5.41 Å². The van der Waals surface area contributed by atoms with Crippen LogP contribution in [-0.2, 0) is 5.41 Å². The number of fused-ring (bicyclic) bond motifs is 10. The quantitative estimate of drug-likeness (QED) is 0.157. The third-order valence-electron chi connectivity index (χ3n) is 13.0. The van der Waals surface area contributed by atoms with Crippen molar-refractivity contribution in [2.45, 2.75) is 5.41 Å². The molecule has 292 valence electrons. The van der Waals surface area contributed by atoms with Gasteiger partial charge in [0.2, 0.25) is 0 Å². The number of hydrogen-bond acceptors (Lipinski definition) is 2. The van der Waals surface area contributed by atoms with Crippen molar-refractivity contribution in [1.82, 2.24) is 9.97 Å². The zero-order chi connectivity index (χ0) is 41.9. The summed E-state index contributed by atoms with van der Waals surface area (Å²) >= 11 is 0. The van der Waals surface area contributed by atoms with Gasteiger partial charge in [-0.05, 0) is 84.0 Å². The fourth-order valence-corrected chi connectivity index (χ4v) is 10.3. The molecule has 2 aliphatic carbocycles. The molecule has 0 saturated heterocycles. The standard InChI is InChI=1S/C60H37N3/c1-61-54-29-15-28-53-57(54)50-25-14-24-48(58(50)60(53)51-26-12-10-21-46(51)47-22-11-13-27-52(47)60)45-20-8-9-23-49(45)59-62-55(43-34-30-41(31-35-43)39-16-4-2-5-17-39)38-56(63-59)44-36-32-42(33-37-44)40-18-6-3-7-19-40/h2-38H. The van der Waals surface area contributed by atoms with E-state index >= 15 is 0 Å². The lowest BCUT2D eigenvalue weighted by Gasteiger charge is -2.32.